The largest absolute Gasteiger partial charge is 0.383 e. The van der Waals surface area contributed by atoms with Crippen LogP contribution in [0, 0.1) is 5.82 Å². The Morgan fingerprint density at radius 1 is 1.43 bits per heavy atom. The molecule has 116 valence electrons. The molecule has 1 amide bonds. The Hall–Kier alpha value is -1.66. The number of methoxy groups -OCH3 is 1. The average molecular weight is 295 g/mol. The topological polar surface area (TPSA) is 53.6 Å². The van der Waals surface area contributed by atoms with Gasteiger partial charge >= 0.3 is 0 Å². The minimum atomic E-state index is -0.240. The molecule has 1 aromatic rings. The van der Waals surface area contributed by atoms with Gasteiger partial charge in [-0.1, -0.05) is 6.07 Å². The third-order valence-electron chi connectivity index (χ3n) is 3.48. The smallest absolute Gasteiger partial charge is 0.221 e. The van der Waals surface area contributed by atoms with Crippen LogP contribution in [0.2, 0.25) is 0 Å². The highest BCUT2D eigenvalue weighted by Crippen LogP contribution is 2.21. The fourth-order valence-electron chi connectivity index (χ4n) is 2.33. The van der Waals surface area contributed by atoms with Gasteiger partial charge < -0.3 is 20.3 Å². The van der Waals surface area contributed by atoms with Gasteiger partial charge in [0.1, 0.15) is 5.82 Å². The maximum absolute atomic E-state index is 14.2. The quantitative estimate of drug-likeness (QED) is 0.765. The lowest BCUT2D eigenvalue weighted by Gasteiger charge is -2.22. The van der Waals surface area contributed by atoms with Crippen LogP contribution in [-0.4, -0.2) is 45.8 Å². The van der Waals surface area contributed by atoms with E-state index in [0.717, 1.165) is 12.1 Å². The van der Waals surface area contributed by atoms with E-state index in [2.05, 4.69) is 10.6 Å². The summed E-state index contributed by atoms with van der Waals surface area (Å²) in [6.45, 7) is 3.72. The van der Waals surface area contributed by atoms with Crippen LogP contribution in [0.15, 0.2) is 18.2 Å². The molecular formula is C15H22FN3O2. The summed E-state index contributed by atoms with van der Waals surface area (Å²) in [5.41, 5.74) is 1.46. The third kappa shape index (κ3) is 4.68. The number of rotatable bonds is 6. The summed E-state index contributed by atoms with van der Waals surface area (Å²) in [6, 6.07) is 5.26. The van der Waals surface area contributed by atoms with Crippen molar-refractivity contribution in [1.82, 2.24) is 10.6 Å². The van der Waals surface area contributed by atoms with Gasteiger partial charge in [-0.05, 0) is 17.7 Å². The maximum atomic E-state index is 14.2. The predicted molar refractivity (Wildman–Crippen MR) is 79.8 cm³/mol. The van der Waals surface area contributed by atoms with Gasteiger partial charge in [0.2, 0.25) is 5.91 Å². The molecule has 1 aliphatic heterocycles. The highest BCUT2D eigenvalue weighted by molar-refractivity contribution is 5.77. The van der Waals surface area contributed by atoms with Gasteiger partial charge in [0.05, 0.1) is 12.3 Å². The van der Waals surface area contributed by atoms with Crippen molar-refractivity contribution in [2.75, 3.05) is 44.8 Å². The van der Waals surface area contributed by atoms with Gasteiger partial charge in [-0.2, -0.15) is 0 Å². The van der Waals surface area contributed by atoms with E-state index in [1.54, 1.807) is 19.2 Å². The van der Waals surface area contributed by atoms with Crippen LogP contribution in [-0.2, 0) is 16.1 Å². The lowest BCUT2D eigenvalue weighted by atomic mass is 10.1. The zero-order chi connectivity index (χ0) is 15.1. The standard InChI is InChI=1S/C15H22FN3O2/c1-21-9-6-17-11-12-2-3-14(13(16)10-12)19-7-4-15(20)18-5-8-19/h2-3,10,17H,4-9,11H2,1H3,(H,18,20). The molecule has 0 bridgehead atoms. The SMILES string of the molecule is COCCNCc1ccc(N2CCNC(=O)CC2)c(F)c1. The zero-order valence-electron chi connectivity index (χ0n) is 12.3. The number of anilines is 1. The van der Waals surface area contributed by atoms with Crippen molar-refractivity contribution in [2.45, 2.75) is 13.0 Å². The Bertz CT molecular complexity index is 482. The van der Waals surface area contributed by atoms with E-state index in [9.17, 15) is 9.18 Å². The minimum absolute atomic E-state index is 0.0249. The molecule has 0 saturated carbocycles. The molecular weight excluding hydrogens is 273 g/mol. The molecule has 0 atom stereocenters. The first-order chi connectivity index (χ1) is 10.2. The van der Waals surface area contributed by atoms with Crippen molar-refractivity contribution in [3.63, 3.8) is 0 Å². The molecule has 21 heavy (non-hydrogen) atoms. The second-order valence-electron chi connectivity index (χ2n) is 5.04. The average Bonchev–Trinajstić information content (AvgIpc) is 2.69. The molecule has 2 N–H and O–H groups in total. The number of halogens is 1. The van der Waals surface area contributed by atoms with Gasteiger partial charge in [0.15, 0.2) is 0 Å². The van der Waals surface area contributed by atoms with E-state index < -0.39 is 0 Å². The number of nitrogens with zero attached hydrogens (tertiary/aromatic N) is 1. The number of nitrogens with one attached hydrogen (secondary N) is 2. The monoisotopic (exact) mass is 295 g/mol. The van der Waals surface area contributed by atoms with E-state index in [4.69, 9.17) is 4.74 Å². The van der Waals surface area contributed by atoms with Crippen molar-refractivity contribution in [3.05, 3.63) is 29.6 Å². The molecule has 0 aliphatic carbocycles. The zero-order valence-corrected chi connectivity index (χ0v) is 12.3. The van der Waals surface area contributed by atoms with Crippen LogP contribution >= 0.6 is 0 Å². The first-order valence-corrected chi connectivity index (χ1v) is 7.20. The number of carbonyl (C=O) groups is 1. The molecule has 1 aliphatic rings. The van der Waals surface area contributed by atoms with E-state index in [1.807, 2.05) is 11.0 Å². The van der Waals surface area contributed by atoms with Crippen LogP contribution < -0.4 is 15.5 Å². The van der Waals surface area contributed by atoms with E-state index in [1.165, 1.54) is 0 Å². The van der Waals surface area contributed by atoms with Crippen LogP contribution in [0.5, 0.6) is 0 Å². The summed E-state index contributed by atoms with van der Waals surface area (Å²) in [4.78, 5) is 13.2. The lowest BCUT2D eigenvalue weighted by molar-refractivity contribution is -0.120. The van der Waals surface area contributed by atoms with Gasteiger partial charge in [-0.25, -0.2) is 4.39 Å². The fourth-order valence-corrected chi connectivity index (χ4v) is 2.33. The van der Waals surface area contributed by atoms with Gasteiger partial charge in [-0.3, -0.25) is 4.79 Å². The Kier molecular flexibility index (Phi) is 5.95. The van der Waals surface area contributed by atoms with Gasteiger partial charge in [0.25, 0.3) is 0 Å². The van der Waals surface area contributed by atoms with E-state index >= 15 is 0 Å². The van der Waals surface area contributed by atoms with E-state index in [0.29, 0.717) is 44.9 Å². The number of amides is 1. The minimum Gasteiger partial charge on any atom is -0.383 e. The van der Waals surface area contributed by atoms with Crippen LogP contribution in [0.25, 0.3) is 0 Å². The second-order valence-corrected chi connectivity index (χ2v) is 5.04. The molecule has 1 saturated heterocycles. The normalized spacial score (nSPS) is 15.7. The van der Waals surface area contributed by atoms with Crippen LogP contribution in [0.1, 0.15) is 12.0 Å². The second kappa shape index (κ2) is 7.95. The summed E-state index contributed by atoms with van der Waals surface area (Å²) >= 11 is 0. The molecule has 2 rings (SSSR count). The Morgan fingerprint density at radius 3 is 3.05 bits per heavy atom. The number of ether oxygens (including phenoxy) is 1. The summed E-state index contributed by atoms with van der Waals surface area (Å²) in [7, 11) is 1.65. The summed E-state index contributed by atoms with van der Waals surface area (Å²) in [5.74, 6) is -0.215. The van der Waals surface area contributed by atoms with Crippen LogP contribution in [0.4, 0.5) is 10.1 Å². The predicted octanol–water partition coefficient (Wildman–Crippen LogP) is 0.888. The van der Waals surface area contributed by atoms with Crippen molar-refractivity contribution >= 4 is 11.6 Å². The first kappa shape index (κ1) is 15.7. The third-order valence-corrected chi connectivity index (χ3v) is 3.48. The molecule has 1 aromatic carbocycles. The lowest BCUT2D eigenvalue weighted by Crippen LogP contribution is -2.29. The number of hydrogen-bond donors (Lipinski definition) is 2. The number of benzene rings is 1. The van der Waals surface area contributed by atoms with E-state index in [-0.39, 0.29) is 11.7 Å². The fraction of sp³-hybridized carbons (Fsp3) is 0.533. The summed E-state index contributed by atoms with van der Waals surface area (Å²) in [6.07, 6.45) is 0.403. The Labute approximate surface area is 124 Å². The molecule has 6 heteroatoms. The van der Waals surface area contributed by atoms with Crippen molar-refractivity contribution in [3.8, 4) is 0 Å². The molecule has 1 fully saturated rings. The van der Waals surface area contributed by atoms with Crippen LogP contribution in [0.3, 0.4) is 0 Å². The van der Waals surface area contributed by atoms with Gasteiger partial charge in [0, 0.05) is 46.3 Å². The Morgan fingerprint density at radius 2 is 2.29 bits per heavy atom. The van der Waals surface area contributed by atoms with Crippen molar-refractivity contribution in [2.24, 2.45) is 0 Å². The summed E-state index contributed by atoms with van der Waals surface area (Å²) in [5, 5.41) is 5.97. The molecule has 1 heterocycles. The number of hydrogen-bond acceptors (Lipinski definition) is 4. The molecule has 0 aromatic heterocycles. The highest BCUT2D eigenvalue weighted by atomic mass is 19.1. The molecule has 0 unspecified atom stereocenters. The van der Waals surface area contributed by atoms with Crippen molar-refractivity contribution < 1.29 is 13.9 Å². The number of carbonyl (C=O) groups excluding carboxylic acids is 1. The molecule has 5 nitrogen and oxygen atoms in total. The Balaban J connectivity index is 1.96. The van der Waals surface area contributed by atoms with Crippen molar-refractivity contribution in [1.29, 1.82) is 0 Å². The maximum Gasteiger partial charge on any atom is 0.221 e. The molecule has 0 spiro atoms. The van der Waals surface area contributed by atoms with Gasteiger partial charge in [-0.15, -0.1) is 0 Å². The summed E-state index contributed by atoms with van der Waals surface area (Å²) < 4.78 is 19.2. The highest BCUT2D eigenvalue weighted by Gasteiger charge is 2.16. The molecule has 0 radical (unpaired) electrons. The first-order valence-electron chi connectivity index (χ1n) is 7.20.